The van der Waals surface area contributed by atoms with Crippen LogP contribution < -0.4 is 11.0 Å². The van der Waals surface area contributed by atoms with Crippen molar-refractivity contribution < 1.29 is 4.79 Å². The van der Waals surface area contributed by atoms with Crippen molar-refractivity contribution in [1.82, 2.24) is 9.36 Å². The number of aryl methyl sites for hydroxylation is 1. The number of carbonyl (C=O) groups excluding carboxylic acids is 1. The minimum absolute atomic E-state index is 0.204. The second-order valence-electron chi connectivity index (χ2n) is 6.32. The third kappa shape index (κ3) is 3.48. The number of Topliss-reactive ketones (excluding diaryl/α,β-unsaturated/α-hetero) is 1. The fourth-order valence-electron chi connectivity index (χ4n) is 2.78. The molecule has 7 nitrogen and oxygen atoms in total. The highest BCUT2D eigenvalue weighted by Gasteiger charge is 2.18. The summed E-state index contributed by atoms with van der Waals surface area (Å²) in [5.74, 6) is -0.507. The lowest BCUT2D eigenvalue weighted by Crippen LogP contribution is -2.21. The number of rotatable bonds is 5. The number of nitrogens with one attached hydrogen (secondary N) is 1. The maximum Gasteiger partial charge on any atom is 0.296 e. The van der Waals surface area contributed by atoms with Gasteiger partial charge < -0.3 is 0 Å². The van der Waals surface area contributed by atoms with Crippen molar-refractivity contribution in [2.75, 3.05) is 5.43 Å². The number of anilines is 1. The molecule has 1 aromatic heterocycles. The van der Waals surface area contributed by atoms with Crippen LogP contribution in [0.3, 0.4) is 0 Å². The average molecular weight is 373 g/mol. The molecule has 3 aromatic rings. The maximum atomic E-state index is 12.8. The van der Waals surface area contributed by atoms with Crippen LogP contribution in [0.15, 0.2) is 64.5 Å². The van der Waals surface area contributed by atoms with Crippen LogP contribution in [0, 0.1) is 25.2 Å². The molecule has 1 N–H and O–H groups in total. The summed E-state index contributed by atoms with van der Waals surface area (Å²) >= 11 is 0. The van der Waals surface area contributed by atoms with Crippen molar-refractivity contribution in [2.24, 2.45) is 12.1 Å². The first-order chi connectivity index (χ1) is 13.4. The van der Waals surface area contributed by atoms with E-state index < -0.39 is 5.78 Å². The summed E-state index contributed by atoms with van der Waals surface area (Å²) in [6, 6.07) is 17.8. The Labute approximate surface area is 162 Å². The van der Waals surface area contributed by atoms with E-state index in [4.69, 9.17) is 0 Å². The normalized spacial score (nSPS) is 11.1. The second-order valence-corrected chi connectivity index (χ2v) is 6.32. The number of hydrogen-bond acceptors (Lipinski definition) is 5. The molecule has 0 unspecified atom stereocenters. The lowest BCUT2D eigenvalue weighted by Gasteiger charge is -2.07. The van der Waals surface area contributed by atoms with Gasteiger partial charge in [-0.3, -0.25) is 19.7 Å². The number of carbonyl (C=O) groups is 1. The van der Waals surface area contributed by atoms with Gasteiger partial charge in [0, 0.05) is 12.6 Å². The molecule has 0 radical (unpaired) electrons. The van der Waals surface area contributed by atoms with Gasteiger partial charge in [-0.2, -0.15) is 10.4 Å². The number of ketones is 1. The van der Waals surface area contributed by atoms with Crippen LogP contribution in [0.5, 0.6) is 0 Å². The molecule has 0 aliphatic rings. The third-order valence-electron chi connectivity index (χ3n) is 4.47. The van der Waals surface area contributed by atoms with Crippen molar-refractivity contribution in [3.05, 3.63) is 81.8 Å². The van der Waals surface area contributed by atoms with Crippen molar-refractivity contribution >= 4 is 17.2 Å². The van der Waals surface area contributed by atoms with Crippen LogP contribution in [0.25, 0.3) is 5.69 Å². The Morgan fingerprint density at radius 1 is 1.07 bits per heavy atom. The number of benzene rings is 2. The topological polar surface area (TPSA) is 92.2 Å². The Morgan fingerprint density at radius 3 is 2.32 bits per heavy atom. The van der Waals surface area contributed by atoms with Crippen molar-refractivity contribution in [3.8, 4) is 11.8 Å². The summed E-state index contributed by atoms with van der Waals surface area (Å²) in [5, 5.41) is 13.2. The number of hydrazone groups is 1. The van der Waals surface area contributed by atoms with E-state index in [0.29, 0.717) is 16.9 Å². The van der Waals surface area contributed by atoms with Crippen molar-refractivity contribution in [3.63, 3.8) is 0 Å². The highest BCUT2D eigenvalue weighted by molar-refractivity contribution is 6.51. The summed E-state index contributed by atoms with van der Waals surface area (Å²) in [6.45, 7) is 3.66. The molecule has 0 spiro atoms. The van der Waals surface area contributed by atoms with Crippen LogP contribution in [0.1, 0.15) is 21.6 Å². The number of nitrogens with zero attached hydrogens (tertiary/aromatic N) is 4. The Kier molecular flexibility index (Phi) is 5.23. The molecule has 0 aliphatic heterocycles. The van der Waals surface area contributed by atoms with Gasteiger partial charge in [0.25, 0.3) is 5.56 Å². The minimum atomic E-state index is -0.507. The van der Waals surface area contributed by atoms with E-state index in [0.717, 1.165) is 5.56 Å². The molecule has 0 aliphatic carbocycles. The first-order valence-corrected chi connectivity index (χ1v) is 8.63. The van der Waals surface area contributed by atoms with Gasteiger partial charge in [-0.25, -0.2) is 4.68 Å². The van der Waals surface area contributed by atoms with Gasteiger partial charge >= 0.3 is 0 Å². The molecule has 0 atom stereocenters. The van der Waals surface area contributed by atoms with Gasteiger partial charge in [0.15, 0.2) is 0 Å². The molecule has 28 heavy (non-hydrogen) atoms. The van der Waals surface area contributed by atoms with E-state index in [2.05, 4.69) is 10.5 Å². The fraction of sp³-hybridized carbons (Fsp3) is 0.143. The van der Waals surface area contributed by atoms with Gasteiger partial charge in [-0.15, -0.1) is 0 Å². The van der Waals surface area contributed by atoms with Crippen LogP contribution in [0.4, 0.5) is 5.69 Å². The lowest BCUT2D eigenvalue weighted by atomic mass is 10.1. The van der Waals surface area contributed by atoms with Gasteiger partial charge in [-0.05, 0) is 26.0 Å². The number of aromatic nitrogens is 2. The van der Waals surface area contributed by atoms with Crippen LogP contribution in [-0.2, 0) is 7.05 Å². The second kappa shape index (κ2) is 7.76. The predicted molar refractivity (Wildman–Crippen MR) is 108 cm³/mol. The number of hydrogen-bond donors (Lipinski definition) is 1. The monoisotopic (exact) mass is 373 g/mol. The summed E-state index contributed by atoms with van der Waals surface area (Å²) in [7, 11) is 1.75. The molecular weight excluding hydrogens is 354 g/mol. The maximum absolute atomic E-state index is 12.8. The molecule has 0 saturated carbocycles. The zero-order chi connectivity index (χ0) is 20.3. The summed E-state index contributed by atoms with van der Waals surface area (Å²) in [4.78, 5) is 25.3. The standard InChI is InChI=1S/C21H19N5O2/c1-14-9-11-16(12-10-14)20(27)18(13-22)23-24-19-15(2)25(3)26(21(19)28)17-7-5-4-6-8-17/h4-12,24H,1-3H3. The van der Waals surface area contributed by atoms with Crippen molar-refractivity contribution in [1.29, 1.82) is 5.26 Å². The first kappa shape index (κ1) is 18.9. The highest BCUT2D eigenvalue weighted by Crippen LogP contribution is 2.14. The molecule has 2 aromatic carbocycles. The molecule has 3 rings (SSSR count). The van der Waals surface area contributed by atoms with Crippen LogP contribution in [0.2, 0.25) is 0 Å². The molecule has 7 heteroatoms. The summed E-state index contributed by atoms with van der Waals surface area (Å²) in [5.41, 5.74) is 4.86. The van der Waals surface area contributed by atoms with Crippen LogP contribution in [-0.4, -0.2) is 20.9 Å². The summed E-state index contributed by atoms with van der Waals surface area (Å²) < 4.78 is 3.17. The molecule has 0 amide bonds. The average Bonchev–Trinajstić information content (AvgIpc) is 2.92. The molecule has 0 saturated heterocycles. The molecular formula is C21H19N5O2. The largest absolute Gasteiger partial charge is 0.296 e. The molecule has 0 bridgehead atoms. The minimum Gasteiger partial charge on any atom is -0.286 e. The predicted octanol–water partition coefficient (Wildman–Crippen LogP) is 2.97. The number of nitriles is 1. The van der Waals surface area contributed by atoms with Gasteiger partial charge in [0.2, 0.25) is 11.5 Å². The van der Waals surface area contributed by atoms with E-state index in [1.165, 1.54) is 4.68 Å². The smallest absolute Gasteiger partial charge is 0.286 e. The molecule has 1 heterocycles. The third-order valence-corrected chi connectivity index (χ3v) is 4.47. The lowest BCUT2D eigenvalue weighted by molar-refractivity contribution is 0.106. The number of para-hydroxylation sites is 1. The fourth-order valence-corrected chi connectivity index (χ4v) is 2.78. The molecule has 140 valence electrons. The summed E-state index contributed by atoms with van der Waals surface area (Å²) in [6.07, 6.45) is 0. The van der Waals surface area contributed by atoms with Crippen molar-refractivity contribution in [2.45, 2.75) is 13.8 Å². The van der Waals surface area contributed by atoms with E-state index in [-0.39, 0.29) is 17.0 Å². The Balaban J connectivity index is 1.95. The molecule has 0 fully saturated rings. The first-order valence-electron chi connectivity index (χ1n) is 8.63. The van der Waals surface area contributed by atoms with Gasteiger partial charge in [0.05, 0.1) is 11.4 Å². The van der Waals surface area contributed by atoms with E-state index >= 15 is 0 Å². The van der Waals surface area contributed by atoms with E-state index in [1.807, 2.05) is 37.3 Å². The highest BCUT2D eigenvalue weighted by atomic mass is 16.1. The SMILES string of the molecule is Cc1ccc(C(=O)C(C#N)=NNc2c(C)n(C)n(-c3ccccc3)c2=O)cc1. The van der Waals surface area contributed by atoms with E-state index in [9.17, 15) is 14.9 Å². The Hall–Kier alpha value is -3.92. The van der Waals surface area contributed by atoms with Gasteiger partial charge in [0.1, 0.15) is 11.8 Å². The zero-order valence-electron chi connectivity index (χ0n) is 15.8. The van der Waals surface area contributed by atoms with Gasteiger partial charge in [-0.1, -0.05) is 48.0 Å². The Morgan fingerprint density at radius 2 is 1.71 bits per heavy atom. The quantitative estimate of drug-likeness (QED) is 0.423. The Bertz CT molecular complexity index is 1150. The zero-order valence-corrected chi connectivity index (χ0v) is 15.8. The van der Waals surface area contributed by atoms with Crippen LogP contribution >= 0.6 is 0 Å². The van der Waals surface area contributed by atoms with E-state index in [1.54, 1.807) is 49.0 Å².